The number of halogens is 1. The van der Waals surface area contributed by atoms with Gasteiger partial charge in [0.1, 0.15) is 12.4 Å². The second-order valence-corrected chi connectivity index (χ2v) is 6.53. The van der Waals surface area contributed by atoms with E-state index in [9.17, 15) is 0 Å². The van der Waals surface area contributed by atoms with Gasteiger partial charge in [-0.15, -0.1) is 34.2 Å². The highest BCUT2D eigenvalue weighted by Gasteiger charge is 2.15. The molecule has 0 bridgehead atoms. The zero-order valence-electron chi connectivity index (χ0n) is 13.8. The van der Waals surface area contributed by atoms with Crippen LogP contribution in [0.5, 0.6) is 0 Å². The number of aryl methyl sites for hydroxylation is 1. The molecule has 6 nitrogen and oxygen atoms in total. The van der Waals surface area contributed by atoms with E-state index in [-0.39, 0.29) is 24.0 Å². The van der Waals surface area contributed by atoms with Crippen LogP contribution in [0.1, 0.15) is 69.4 Å². The number of rotatable bonds is 3. The van der Waals surface area contributed by atoms with Gasteiger partial charge in [-0.2, -0.15) is 0 Å². The fraction of sp³-hybridized carbons (Fsp3) is 0.812. The lowest BCUT2D eigenvalue weighted by Gasteiger charge is -2.16. The average molecular weight is 432 g/mol. The number of nitrogens with one attached hydrogen (secondary N) is 1. The lowest BCUT2D eigenvalue weighted by Crippen LogP contribution is -2.39. The molecule has 0 amide bonds. The van der Waals surface area contributed by atoms with Crippen molar-refractivity contribution in [1.29, 1.82) is 0 Å². The van der Waals surface area contributed by atoms with Gasteiger partial charge in [0.15, 0.2) is 11.8 Å². The van der Waals surface area contributed by atoms with Crippen LogP contribution in [0.15, 0.2) is 4.99 Å². The number of nitrogens with two attached hydrogens (primary N) is 1. The summed E-state index contributed by atoms with van der Waals surface area (Å²) in [6.07, 6.45) is 12.4. The van der Waals surface area contributed by atoms with Crippen molar-refractivity contribution in [1.82, 2.24) is 20.1 Å². The van der Waals surface area contributed by atoms with Gasteiger partial charge in [-0.25, -0.2) is 4.99 Å². The van der Waals surface area contributed by atoms with E-state index in [1.807, 2.05) is 0 Å². The molecule has 1 aliphatic carbocycles. The van der Waals surface area contributed by atoms with E-state index in [1.165, 1.54) is 57.8 Å². The van der Waals surface area contributed by atoms with E-state index < -0.39 is 0 Å². The number of hydrogen-bond donors (Lipinski definition) is 2. The number of aromatic nitrogens is 3. The monoisotopic (exact) mass is 432 g/mol. The molecule has 0 atom stereocenters. The molecule has 1 aromatic heterocycles. The Labute approximate surface area is 155 Å². The molecule has 3 rings (SSSR count). The maximum atomic E-state index is 6.06. The Morgan fingerprint density at radius 2 is 1.83 bits per heavy atom. The largest absolute Gasteiger partial charge is 0.370 e. The molecule has 0 spiro atoms. The minimum atomic E-state index is 0. The summed E-state index contributed by atoms with van der Waals surface area (Å²) < 4.78 is 2.23. The van der Waals surface area contributed by atoms with Crippen LogP contribution in [0, 0.1) is 0 Å². The zero-order valence-corrected chi connectivity index (χ0v) is 16.2. The Hall–Kier alpha value is -0.860. The molecule has 2 heterocycles. The van der Waals surface area contributed by atoms with Crippen molar-refractivity contribution < 1.29 is 0 Å². The third-order valence-corrected chi connectivity index (χ3v) is 4.78. The molecule has 0 aromatic carbocycles. The van der Waals surface area contributed by atoms with Crippen LogP contribution in [0.3, 0.4) is 0 Å². The third kappa shape index (κ3) is 5.32. The average Bonchev–Trinajstić information content (AvgIpc) is 2.73. The second-order valence-electron chi connectivity index (χ2n) is 6.53. The molecular formula is C16H29IN6. The minimum Gasteiger partial charge on any atom is -0.370 e. The Morgan fingerprint density at radius 3 is 2.61 bits per heavy atom. The van der Waals surface area contributed by atoms with Crippen molar-refractivity contribution in [2.45, 2.75) is 83.3 Å². The summed E-state index contributed by atoms with van der Waals surface area (Å²) in [5, 5.41) is 12.0. The van der Waals surface area contributed by atoms with E-state index in [0.29, 0.717) is 18.5 Å². The van der Waals surface area contributed by atoms with E-state index in [1.54, 1.807) is 0 Å². The zero-order chi connectivity index (χ0) is 15.2. The first kappa shape index (κ1) is 18.5. The predicted octanol–water partition coefficient (Wildman–Crippen LogP) is 2.75. The van der Waals surface area contributed by atoms with Crippen LogP contribution < -0.4 is 11.1 Å². The summed E-state index contributed by atoms with van der Waals surface area (Å²) in [7, 11) is 0. The molecule has 3 N–H and O–H groups in total. The number of nitrogens with zero attached hydrogens (tertiary/aromatic N) is 4. The normalized spacial score (nSPS) is 20.1. The topological polar surface area (TPSA) is 81.1 Å². The van der Waals surface area contributed by atoms with Gasteiger partial charge in [0, 0.05) is 19.0 Å². The molecular weight excluding hydrogens is 403 g/mol. The molecule has 1 saturated carbocycles. The SMILES string of the molecule is I.NC(=NCc1nnc2n1CCCCC2)NC1CCCCCC1. The van der Waals surface area contributed by atoms with Gasteiger partial charge in [-0.1, -0.05) is 32.1 Å². The van der Waals surface area contributed by atoms with Crippen molar-refractivity contribution in [2.24, 2.45) is 10.7 Å². The number of aliphatic imine (C=N–C) groups is 1. The van der Waals surface area contributed by atoms with Gasteiger partial charge in [0.05, 0.1) is 0 Å². The fourth-order valence-electron chi connectivity index (χ4n) is 3.50. The van der Waals surface area contributed by atoms with Crippen molar-refractivity contribution in [2.75, 3.05) is 0 Å². The van der Waals surface area contributed by atoms with Crippen LogP contribution in [0.2, 0.25) is 0 Å². The summed E-state index contributed by atoms with van der Waals surface area (Å²) in [5.41, 5.74) is 6.06. The number of fused-ring (bicyclic) bond motifs is 1. The van der Waals surface area contributed by atoms with E-state index in [2.05, 4.69) is 25.1 Å². The van der Waals surface area contributed by atoms with Gasteiger partial charge in [-0.3, -0.25) is 0 Å². The van der Waals surface area contributed by atoms with Gasteiger partial charge >= 0.3 is 0 Å². The molecule has 1 aromatic rings. The smallest absolute Gasteiger partial charge is 0.189 e. The van der Waals surface area contributed by atoms with Gasteiger partial charge in [0.2, 0.25) is 0 Å². The maximum absolute atomic E-state index is 6.06. The molecule has 23 heavy (non-hydrogen) atoms. The van der Waals surface area contributed by atoms with Crippen molar-refractivity contribution >= 4 is 29.9 Å². The lowest BCUT2D eigenvalue weighted by atomic mass is 10.1. The molecule has 7 heteroatoms. The standard InChI is InChI=1S/C16H28N6.HI/c17-16(19-13-8-4-1-2-5-9-13)18-12-15-21-20-14-10-6-3-7-11-22(14)15;/h13H,1-12H2,(H3,17,18,19);1H. The van der Waals surface area contributed by atoms with Crippen LogP contribution in [-0.2, 0) is 19.5 Å². The highest BCUT2D eigenvalue weighted by atomic mass is 127. The summed E-state index contributed by atoms with van der Waals surface area (Å²) in [5.74, 6) is 2.61. The summed E-state index contributed by atoms with van der Waals surface area (Å²) in [4.78, 5) is 4.49. The van der Waals surface area contributed by atoms with Crippen molar-refractivity contribution in [3.05, 3.63) is 11.6 Å². The molecule has 130 valence electrons. The lowest BCUT2D eigenvalue weighted by molar-refractivity contribution is 0.529. The molecule has 1 aliphatic heterocycles. The minimum absolute atomic E-state index is 0. The van der Waals surface area contributed by atoms with Crippen LogP contribution >= 0.6 is 24.0 Å². The van der Waals surface area contributed by atoms with Gasteiger partial charge in [0.25, 0.3) is 0 Å². The van der Waals surface area contributed by atoms with Gasteiger partial charge in [-0.05, 0) is 25.7 Å². The molecule has 0 radical (unpaired) electrons. The summed E-state index contributed by atoms with van der Waals surface area (Å²) >= 11 is 0. The van der Waals surface area contributed by atoms with Crippen molar-refractivity contribution in [3.8, 4) is 0 Å². The first-order valence-corrected chi connectivity index (χ1v) is 8.80. The predicted molar refractivity (Wildman–Crippen MR) is 103 cm³/mol. The van der Waals surface area contributed by atoms with Gasteiger partial charge < -0.3 is 15.6 Å². The Balaban J connectivity index is 0.00000192. The summed E-state index contributed by atoms with van der Waals surface area (Å²) in [6, 6.07) is 0.488. The highest BCUT2D eigenvalue weighted by molar-refractivity contribution is 14.0. The first-order valence-electron chi connectivity index (χ1n) is 8.80. The van der Waals surface area contributed by atoms with Crippen LogP contribution in [0.25, 0.3) is 0 Å². The Bertz CT molecular complexity index is 505. The van der Waals surface area contributed by atoms with E-state index in [0.717, 1.165) is 24.6 Å². The molecule has 2 aliphatic rings. The molecule has 0 unspecified atom stereocenters. The Morgan fingerprint density at radius 1 is 1.09 bits per heavy atom. The first-order chi connectivity index (χ1) is 10.8. The molecule has 0 saturated heterocycles. The van der Waals surface area contributed by atoms with E-state index >= 15 is 0 Å². The second kappa shape index (κ2) is 9.44. The highest BCUT2D eigenvalue weighted by Crippen LogP contribution is 2.17. The third-order valence-electron chi connectivity index (χ3n) is 4.78. The number of hydrogen-bond acceptors (Lipinski definition) is 3. The maximum Gasteiger partial charge on any atom is 0.189 e. The molecule has 1 fully saturated rings. The Kier molecular flexibility index (Phi) is 7.58. The quantitative estimate of drug-likeness (QED) is 0.333. The van der Waals surface area contributed by atoms with E-state index in [4.69, 9.17) is 5.73 Å². The van der Waals surface area contributed by atoms with Crippen LogP contribution in [0.4, 0.5) is 0 Å². The number of guanidine groups is 1. The van der Waals surface area contributed by atoms with Crippen molar-refractivity contribution in [3.63, 3.8) is 0 Å². The van der Waals surface area contributed by atoms with Crippen LogP contribution in [-0.4, -0.2) is 26.8 Å². The fourth-order valence-corrected chi connectivity index (χ4v) is 3.50. The summed E-state index contributed by atoms with van der Waals surface area (Å²) in [6.45, 7) is 1.54.